The number of allylic oxidation sites excluding steroid dienone is 1. The Hall–Kier alpha value is -4.25. The molecule has 12 heteroatoms. The molecule has 1 atom stereocenters. The highest BCUT2D eigenvalue weighted by Gasteiger charge is 2.32. The number of halogens is 1. The first-order chi connectivity index (χ1) is 17.8. The van der Waals surface area contributed by atoms with Gasteiger partial charge in [0, 0.05) is 16.3 Å². The molecule has 1 aliphatic rings. The summed E-state index contributed by atoms with van der Waals surface area (Å²) in [5, 5.41) is 9.70. The lowest BCUT2D eigenvalue weighted by Crippen LogP contribution is -2.45. The highest BCUT2D eigenvalue weighted by Crippen LogP contribution is 2.34. The van der Waals surface area contributed by atoms with E-state index < -0.39 is 23.9 Å². The van der Waals surface area contributed by atoms with Crippen LogP contribution in [0.25, 0.3) is 0 Å². The fraction of sp³-hybridized carbons (Fsp3) is 0.280. The number of rotatable bonds is 10. The minimum absolute atomic E-state index is 0.186. The van der Waals surface area contributed by atoms with E-state index in [4.69, 9.17) is 30.5 Å². The van der Waals surface area contributed by atoms with Crippen LogP contribution >= 0.6 is 11.6 Å². The SMILES string of the molecule is CCOC(=O)C1=C(C)NC(=O)N[C@H]1c1ccc(OCC(=O)N/N=C\c2cc(Cl)ccc2OC)c(OC)c1. The second-order valence-corrected chi connectivity index (χ2v) is 8.11. The molecule has 0 bridgehead atoms. The molecule has 1 aliphatic heterocycles. The smallest absolute Gasteiger partial charge is 0.338 e. The average molecular weight is 531 g/mol. The monoisotopic (exact) mass is 530 g/mol. The third-order valence-electron chi connectivity index (χ3n) is 5.23. The van der Waals surface area contributed by atoms with E-state index in [1.807, 2.05) is 0 Å². The summed E-state index contributed by atoms with van der Waals surface area (Å²) in [4.78, 5) is 36.8. The molecule has 3 N–H and O–H groups in total. The molecule has 2 aromatic rings. The van der Waals surface area contributed by atoms with Crippen LogP contribution in [0.4, 0.5) is 4.79 Å². The van der Waals surface area contributed by atoms with Crippen molar-refractivity contribution >= 4 is 35.7 Å². The molecule has 1 heterocycles. The summed E-state index contributed by atoms with van der Waals surface area (Å²) >= 11 is 5.99. The fourth-order valence-corrected chi connectivity index (χ4v) is 3.74. The maximum atomic E-state index is 12.5. The number of urea groups is 1. The molecular weight excluding hydrogens is 504 g/mol. The third-order valence-corrected chi connectivity index (χ3v) is 5.46. The van der Waals surface area contributed by atoms with Crippen molar-refractivity contribution in [3.8, 4) is 17.2 Å². The molecule has 0 saturated heterocycles. The molecule has 11 nitrogen and oxygen atoms in total. The zero-order valence-corrected chi connectivity index (χ0v) is 21.5. The van der Waals surface area contributed by atoms with E-state index in [1.165, 1.54) is 20.4 Å². The molecule has 196 valence electrons. The van der Waals surface area contributed by atoms with Gasteiger partial charge < -0.3 is 29.6 Å². The van der Waals surface area contributed by atoms with Gasteiger partial charge in [-0.05, 0) is 49.7 Å². The zero-order valence-electron chi connectivity index (χ0n) is 20.7. The minimum atomic E-state index is -0.767. The van der Waals surface area contributed by atoms with Crippen molar-refractivity contribution in [1.29, 1.82) is 0 Å². The lowest BCUT2D eigenvalue weighted by molar-refractivity contribution is -0.139. The average Bonchev–Trinajstić information content (AvgIpc) is 2.87. The molecule has 37 heavy (non-hydrogen) atoms. The maximum absolute atomic E-state index is 12.5. The topological polar surface area (TPSA) is 137 Å². The van der Waals surface area contributed by atoms with E-state index in [0.29, 0.717) is 33.3 Å². The Morgan fingerprint density at radius 2 is 1.84 bits per heavy atom. The van der Waals surface area contributed by atoms with Crippen molar-refractivity contribution in [1.82, 2.24) is 16.1 Å². The summed E-state index contributed by atoms with van der Waals surface area (Å²) in [6, 6.07) is 8.63. The van der Waals surface area contributed by atoms with Crippen molar-refractivity contribution in [2.75, 3.05) is 27.4 Å². The largest absolute Gasteiger partial charge is 0.496 e. The summed E-state index contributed by atoms with van der Waals surface area (Å²) in [6.07, 6.45) is 1.40. The van der Waals surface area contributed by atoms with Crippen LogP contribution in [0.3, 0.4) is 0 Å². The first kappa shape index (κ1) is 27.3. The van der Waals surface area contributed by atoms with Crippen molar-refractivity contribution in [2.45, 2.75) is 19.9 Å². The predicted octanol–water partition coefficient (Wildman–Crippen LogP) is 3.08. The fourth-order valence-electron chi connectivity index (χ4n) is 3.56. The van der Waals surface area contributed by atoms with Crippen molar-refractivity contribution in [2.24, 2.45) is 5.10 Å². The summed E-state index contributed by atoms with van der Waals surface area (Å²) in [7, 11) is 2.95. The number of esters is 1. The maximum Gasteiger partial charge on any atom is 0.338 e. The van der Waals surface area contributed by atoms with E-state index in [2.05, 4.69) is 21.2 Å². The van der Waals surface area contributed by atoms with E-state index in [0.717, 1.165) is 0 Å². The van der Waals surface area contributed by atoms with Gasteiger partial charge in [-0.3, -0.25) is 4.79 Å². The molecule has 0 aromatic heterocycles. The van der Waals surface area contributed by atoms with Crippen LogP contribution in [0.2, 0.25) is 5.02 Å². The van der Waals surface area contributed by atoms with Crippen LogP contribution in [-0.2, 0) is 14.3 Å². The van der Waals surface area contributed by atoms with E-state index in [1.54, 1.807) is 50.2 Å². The Labute approximate surface area is 218 Å². The lowest BCUT2D eigenvalue weighted by atomic mass is 9.95. The number of hydrogen-bond acceptors (Lipinski definition) is 8. The number of carbonyl (C=O) groups is 3. The summed E-state index contributed by atoms with van der Waals surface area (Å²) in [5.74, 6) is 0.0535. The van der Waals surface area contributed by atoms with E-state index >= 15 is 0 Å². The van der Waals surface area contributed by atoms with Crippen LogP contribution in [0.1, 0.15) is 31.0 Å². The molecule has 3 rings (SSSR count). The molecular formula is C25H27ClN4O7. The number of benzene rings is 2. The van der Waals surface area contributed by atoms with Gasteiger partial charge in [0.25, 0.3) is 5.91 Å². The number of ether oxygens (including phenoxy) is 4. The standard InChI is InChI=1S/C25H27ClN4O7/c1-5-36-24(32)22-14(2)28-25(33)29-23(22)15-6-8-19(20(11-15)35-4)37-13-21(31)30-27-12-16-10-17(26)7-9-18(16)34-3/h6-12,23H,5,13H2,1-4H3,(H,30,31)(H2,28,29,33)/b27-12-/t23-/m0/s1. The Bertz CT molecular complexity index is 1250. The predicted molar refractivity (Wildman–Crippen MR) is 136 cm³/mol. The number of carbonyl (C=O) groups excluding carboxylic acids is 3. The number of nitrogens with zero attached hydrogens (tertiary/aromatic N) is 1. The molecule has 0 fully saturated rings. The molecule has 0 unspecified atom stereocenters. The quantitative estimate of drug-likeness (QED) is 0.244. The Morgan fingerprint density at radius 1 is 1.11 bits per heavy atom. The second kappa shape index (κ2) is 12.6. The van der Waals surface area contributed by atoms with Gasteiger partial charge in [0.05, 0.1) is 38.7 Å². The zero-order chi connectivity index (χ0) is 26.9. The van der Waals surface area contributed by atoms with Gasteiger partial charge in [-0.1, -0.05) is 17.7 Å². The van der Waals surface area contributed by atoms with Crippen LogP contribution < -0.4 is 30.3 Å². The summed E-state index contributed by atoms with van der Waals surface area (Å²) < 4.78 is 21.4. The molecule has 2 aromatic carbocycles. The normalized spacial score (nSPS) is 15.1. The minimum Gasteiger partial charge on any atom is -0.496 e. The van der Waals surface area contributed by atoms with Crippen molar-refractivity contribution in [3.63, 3.8) is 0 Å². The van der Waals surface area contributed by atoms with E-state index in [9.17, 15) is 14.4 Å². The third kappa shape index (κ3) is 6.91. The highest BCUT2D eigenvalue weighted by molar-refractivity contribution is 6.30. The first-order valence-electron chi connectivity index (χ1n) is 11.2. The Balaban J connectivity index is 1.70. The van der Waals surface area contributed by atoms with Crippen molar-refractivity contribution < 1.29 is 33.3 Å². The van der Waals surface area contributed by atoms with Crippen LogP contribution in [0.15, 0.2) is 52.8 Å². The summed E-state index contributed by atoms with van der Waals surface area (Å²) in [5.41, 5.74) is 4.17. The van der Waals surface area contributed by atoms with Crippen LogP contribution in [-0.4, -0.2) is 51.6 Å². The Kier molecular flexibility index (Phi) is 9.33. The summed E-state index contributed by atoms with van der Waals surface area (Å²) in [6.45, 7) is 3.15. The number of methoxy groups -OCH3 is 2. The number of nitrogens with one attached hydrogen (secondary N) is 3. The molecule has 0 radical (unpaired) electrons. The number of hydrogen-bond donors (Lipinski definition) is 3. The molecule has 0 aliphatic carbocycles. The number of amides is 3. The van der Waals surface area contributed by atoms with Gasteiger partial charge in [0.2, 0.25) is 0 Å². The van der Waals surface area contributed by atoms with Crippen LogP contribution in [0, 0.1) is 0 Å². The van der Waals surface area contributed by atoms with Crippen LogP contribution in [0.5, 0.6) is 17.2 Å². The second-order valence-electron chi connectivity index (χ2n) is 7.67. The van der Waals surface area contributed by atoms with Gasteiger partial charge in [0.15, 0.2) is 18.1 Å². The van der Waals surface area contributed by atoms with Crippen molar-refractivity contribution in [3.05, 3.63) is 63.8 Å². The highest BCUT2D eigenvalue weighted by atomic mass is 35.5. The number of hydrazone groups is 1. The lowest BCUT2D eigenvalue weighted by Gasteiger charge is -2.28. The first-order valence-corrected chi connectivity index (χ1v) is 11.6. The van der Waals surface area contributed by atoms with Gasteiger partial charge in [0.1, 0.15) is 5.75 Å². The van der Waals surface area contributed by atoms with E-state index in [-0.39, 0.29) is 24.5 Å². The molecule has 0 saturated carbocycles. The van der Waals surface area contributed by atoms with Gasteiger partial charge in [-0.25, -0.2) is 15.0 Å². The molecule has 3 amide bonds. The van der Waals surface area contributed by atoms with Gasteiger partial charge in [-0.15, -0.1) is 0 Å². The van der Waals surface area contributed by atoms with Gasteiger partial charge in [-0.2, -0.15) is 5.10 Å². The molecule has 0 spiro atoms. The Morgan fingerprint density at radius 3 is 2.54 bits per heavy atom. The van der Waals surface area contributed by atoms with Gasteiger partial charge >= 0.3 is 12.0 Å².